The summed E-state index contributed by atoms with van der Waals surface area (Å²) in [4.78, 5) is 11.7. The fourth-order valence-corrected chi connectivity index (χ4v) is 1.90. The topological polar surface area (TPSA) is 52.3 Å². The molecule has 0 bridgehead atoms. The summed E-state index contributed by atoms with van der Waals surface area (Å²) < 4.78 is 18.2. The molecule has 0 amide bonds. The van der Waals surface area contributed by atoms with Crippen LogP contribution in [0.25, 0.3) is 0 Å². The fraction of sp³-hybridized carbons (Fsp3) is 0.188. The van der Waals surface area contributed by atoms with Gasteiger partial charge in [0.05, 0.1) is 12.2 Å². The van der Waals surface area contributed by atoms with Crippen LogP contribution in [0, 0.1) is 5.82 Å². The van der Waals surface area contributed by atoms with Gasteiger partial charge < -0.3 is 10.5 Å². The van der Waals surface area contributed by atoms with Crippen LogP contribution in [-0.2, 0) is 11.2 Å². The molecule has 2 N–H and O–H groups in total. The molecule has 0 aliphatic rings. The van der Waals surface area contributed by atoms with Crippen molar-refractivity contribution < 1.29 is 13.9 Å². The van der Waals surface area contributed by atoms with Gasteiger partial charge in [0.2, 0.25) is 0 Å². The van der Waals surface area contributed by atoms with Gasteiger partial charge in [-0.3, -0.25) is 0 Å². The molecule has 2 rings (SSSR count). The number of anilines is 1. The van der Waals surface area contributed by atoms with E-state index in [1.165, 1.54) is 11.6 Å². The zero-order valence-electron chi connectivity index (χ0n) is 11.0. The third-order valence-electron chi connectivity index (χ3n) is 2.84. The molecule has 0 aliphatic carbocycles. The van der Waals surface area contributed by atoms with Gasteiger partial charge in [0.25, 0.3) is 0 Å². The normalized spacial score (nSPS) is 10.2. The van der Waals surface area contributed by atoms with Crippen LogP contribution in [0.1, 0.15) is 22.3 Å². The smallest absolute Gasteiger partial charge is 0.338 e. The maximum atomic E-state index is 13.1. The van der Waals surface area contributed by atoms with E-state index in [4.69, 9.17) is 10.5 Å². The molecule has 0 heterocycles. The summed E-state index contributed by atoms with van der Waals surface area (Å²) in [7, 11) is 0. The van der Waals surface area contributed by atoms with Crippen molar-refractivity contribution in [2.45, 2.75) is 12.8 Å². The van der Waals surface area contributed by atoms with Crippen LogP contribution in [-0.4, -0.2) is 12.6 Å². The van der Waals surface area contributed by atoms with Crippen LogP contribution in [0.15, 0.2) is 48.5 Å². The van der Waals surface area contributed by atoms with E-state index in [-0.39, 0.29) is 11.3 Å². The predicted octanol–water partition coefficient (Wildman–Crippen LogP) is 3.20. The summed E-state index contributed by atoms with van der Waals surface area (Å²) >= 11 is 0. The van der Waals surface area contributed by atoms with Crippen molar-refractivity contribution in [3.63, 3.8) is 0 Å². The molecule has 0 unspecified atom stereocenters. The van der Waals surface area contributed by atoms with Crippen molar-refractivity contribution >= 4 is 11.7 Å². The van der Waals surface area contributed by atoms with E-state index in [1.807, 2.05) is 30.3 Å². The number of rotatable bonds is 5. The van der Waals surface area contributed by atoms with E-state index in [1.54, 1.807) is 0 Å². The summed E-state index contributed by atoms with van der Waals surface area (Å²) in [6.07, 6.45) is 1.56. The van der Waals surface area contributed by atoms with Gasteiger partial charge in [0.15, 0.2) is 0 Å². The molecule has 0 atom stereocenters. The van der Waals surface area contributed by atoms with Crippen LogP contribution in [0.5, 0.6) is 0 Å². The van der Waals surface area contributed by atoms with Gasteiger partial charge >= 0.3 is 5.97 Å². The largest absolute Gasteiger partial charge is 0.462 e. The Morgan fingerprint density at radius 1 is 1.15 bits per heavy atom. The standard InChI is InChI=1S/C16H16FNO2/c17-14-9-13(10-15(18)11-14)16(19)20-8-4-7-12-5-2-1-3-6-12/h1-3,5-6,9-11H,4,7-8,18H2. The molecule has 3 nitrogen and oxygen atoms in total. The second kappa shape index (κ2) is 6.70. The lowest BCUT2D eigenvalue weighted by Gasteiger charge is -2.06. The Morgan fingerprint density at radius 2 is 1.90 bits per heavy atom. The second-order valence-corrected chi connectivity index (χ2v) is 4.50. The Morgan fingerprint density at radius 3 is 2.60 bits per heavy atom. The number of carbonyl (C=O) groups excluding carboxylic acids is 1. The molecule has 0 fully saturated rings. The molecule has 4 heteroatoms. The van der Waals surface area contributed by atoms with Gasteiger partial charge in [-0.15, -0.1) is 0 Å². The van der Waals surface area contributed by atoms with Crippen molar-refractivity contribution in [1.82, 2.24) is 0 Å². The quantitative estimate of drug-likeness (QED) is 0.517. The average Bonchev–Trinajstić information content (AvgIpc) is 2.43. The summed E-state index contributed by atoms with van der Waals surface area (Å²) in [5, 5.41) is 0. The predicted molar refractivity (Wildman–Crippen MR) is 75.9 cm³/mol. The Labute approximate surface area is 117 Å². The van der Waals surface area contributed by atoms with Crippen LogP contribution < -0.4 is 5.73 Å². The number of nitrogen functional groups attached to an aromatic ring is 1. The zero-order chi connectivity index (χ0) is 14.4. The van der Waals surface area contributed by atoms with E-state index in [9.17, 15) is 9.18 Å². The highest BCUT2D eigenvalue weighted by atomic mass is 19.1. The lowest BCUT2D eigenvalue weighted by Crippen LogP contribution is -2.08. The number of esters is 1. The Bertz CT molecular complexity index is 564. The molecule has 0 spiro atoms. The number of aryl methyl sites for hydroxylation is 1. The second-order valence-electron chi connectivity index (χ2n) is 4.50. The van der Waals surface area contributed by atoms with Crippen molar-refractivity contribution in [2.75, 3.05) is 12.3 Å². The molecule has 0 saturated carbocycles. The Balaban J connectivity index is 1.80. The third kappa shape index (κ3) is 4.09. The minimum atomic E-state index is -0.552. The first-order chi connectivity index (χ1) is 9.65. The van der Waals surface area contributed by atoms with Crippen LogP contribution in [0.3, 0.4) is 0 Å². The highest BCUT2D eigenvalue weighted by molar-refractivity contribution is 5.90. The minimum Gasteiger partial charge on any atom is -0.462 e. The Kier molecular flexibility index (Phi) is 4.71. The van der Waals surface area contributed by atoms with Gasteiger partial charge in [0.1, 0.15) is 5.82 Å². The van der Waals surface area contributed by atoms with Crippen molar-refractivity contribution in [3.8, 4) is 0 Å². The summed E-state index contributed by atoms with van der Waals surface area (Å²) in [6.45, 7) is 0.296. The zero-order valence-corrected chi connectivity index (χ0v) is 11.0. The molecular formula is C16H16FNO2. The molecule has 0 aromatic heterocycles. The number of benzene rings is 2. The molecule has 2 aromatic rings. The van der Waals surface area contributed by atoms with Crippen LogP contribution in [0.2, 0.25) is 0 Å². The van der Waals surface area contributed by atoms with Gasteiger partial charge in [0, 0.05) is 5.69 Å². The van der Waals surface area contributed by atoms with Crippen molar-refractivity contribution in [3.05, 3.63) is 65.5 Å². The Hall–Kier alpha value is -2.36. The van der Waals surface area contributed by atoms with E-state index < -0.39 is 11.8 Å². The van der Waals surface area contributed by atoms with Crippen molar-refractivity contribution in [1.29, 1.82) is 0 Å². The van der Waals surface area contributed by atoms with Gasteiger partial charge in [-0.05, 0) is 36.6 Å². The SMILES string of the molecule is Nc1cc(F)cc(C(=O)OCCCc2ccccc2)c1. The van der Waals surface area contributed by atoms with Crippen LogP contribution >= 0.6 is 0 Å². The van der Waals surface area contributed by atoms with Crippen LogP contribution in [0.4, 0.5) is 10.1 Å². The number of halogens is 1. The number of hydrogen-bond donors (Lipinski definition) is 1. The van der Waals surface area contributed by atoms with Gasteiger partial charge in [-0.1, -0.05) is 30.3 Å². The maximum Gasteiger partial charge on any atom is 0.338 e. The summed E-state index contributed by atoms with van der Waals surface area (Å²) in [5.41, 5.74) is 7.02. The van der Waals surface area contributed by atoms with Gasteiger partial charge in [-0.2, -0.15) is 0 Å². The highest BCUT2D eigenvalue weighted by Gasteiger charge is 2.09. The molecule has 2 aromatic carbocycles. The summed E-state index contributed by atoms with van der Waals surface area (Å²) in [5.74, 6) is -1.09. The van der Waals surface area contributed by atoms with E-state index in [0.29, 0.717) is 6.61 Å². The van der Waals surface area contributed by atoms with E-state index in [2.05, 4.69) is 0 Å². The number of nitrogens with two attached hydrogens (primary N) is 1. The fourth-order valence-electron chi connectivity index (χ4n) is 1.90. The lowest BCUT2D eigenvalue weighted by molar-refractivity contribution is 0.0500. The lowest BCUT2D eigenvalue weighted by atomic mass is 10.1. The molecule has 0 radical (unpaired) electrons. The maximum absolute atomic E-state index is 13.1. The first kappa shape index (κ1) is 14.1. The molecular weight excluding hydrogens is 257 g/mol. The monoisotopic (exact) mass is 273 g/mol. The minimum absolute atomic E-state index is 0.141. The number of ether oxygens (including phenoxy) is 1. The highest BCUT2D eigenvalue weighted by Crippen LogP contribution is 2.12. The van der Waals surface area contributed by atoms with E-state index in [0.717, 1.165) is 25.0 Å². The number of carbonyl (C=O) groups is 1. The molecule has 20 heavy (non-hydrogen) atoms. The molecule has 104 valence electrons. The molecule has 0 saturated heterocycles. The third-order valence-corrected chi connectivity index (χ3v) is 2.84. The van der Waals surface area contributed by atoms with Gasteiger partial charge in [-0.25, -0.2) is 9.18 Å². The summed E-state index contributed by atoms with van der Waals surface area (Å²) in [6, 6.07) is 13.6. The number of hydrogen-bond acceptors (Lipinski definition) is 3. The molecule has 0 aliphatic heterocycles. The average molecular weight is 273 g/mol. The van der Waals surface area contributed by atoms with Crippen molar-refractivity contribution in [2.24, 2.45) is 0 Å². The first-order valence-corrected chi connectivity index (χ1v) is 6.42. The van der Waals surface area contributed by atoms with E-state index >= 15 is 0 Å². The first-order valence-electron chi connectivity index (χ1n) is 6.42.